The summed E-state index contributed by atoms with van der Waals surface area (Å²) in [7, 11) is 0. The molecule has 4 heteroatoms. The highest BCUT2D eigenvalue weighted by atomic mass is 16.4. The summed E-state index contributed by atoms with van der Waals surface area (Å²) in [6.45, 7) is -0.329. The third-order valence-corrected chi connectivity index (χ3v) is 3.18. The van der Waals surface area contributed by atoms with Crippen LogP contribution in [-0.2, 0) is 11.3 Å². The van der Waals surface area contributed by atoms with Gasteiger partial charge in [-0.1, -0.05) is 36.4 Å². The number of para-hydroxylation sites is 1. The van der Waals surface area contributed by atoms with Gasteiger partial charge in [-0.3, -0.25) is 14.2 Å². The van der Waals surface area contributed by atoms with Crippen molar-refractivity contribution in [3.63, 3.8) is 0 Å². The zero-order valence-electron chi connectivity index (χ0n) is 10.0. The van der Waals surface area contributed by atoms with E-state index < -0.39 is 5.97 Å². The van der Waals surface area contributed by atoms with Crippen LogP contribution in [0, 0.1) is 0 Å². The summed E-state index contributed by atoms with van der Waals surface area (Å²) in [5, 5.41) is 11.2. The van der Waals surface area contributed by atoms with Gasteiger partial charge in [-0.2, -0.15) is 0 Å². The summed E-state index contributed by atoms with van der Waals surface area (Å²) in [5.74, 6) is -1.03. The number of fused-ring (bicyclic) bond motifs is 3. The predicted octanol–water partition coefficient (Wildman–Crippen LogP) is 2.24. The number of hydrogen-bond acceptors (Lipinski definition) is 2. The highest BCUT2D eigenvalue weighted by molar-refractivity contribution is 6.05. The molecule has 0 unspecified atom stereocenters. The standard InChI is InChI=1S/C15H11NO3/c17-14(18)9-16-13-8-4-3-6-11(13)10-5-1-2-7-12(10)15(16)19/h1-8H,9H2,(H,17,18). The lowest BCUT2D eigenvalue weighted by Gasteiger charge is -2.10. The molecule has 1 heterocycles. The molecule has 1 N–H and O–H groups in total. The van der Waals surface area contributed by atoms with E-state index in [-0.39, 0.29) is 12.1 Å². The lowest BCUT2D eigenvalue weighted by molar-refractivity contribution is -0.137. The van der Waals surface area contributed by atoms with Crippen LogP contribution in [0.1, 0.15) is 0 Å². The molecule has 0 aliphatic rings. The zero-order valence-corrected chi connectivity index (χ0v) is 10.0. The molecule has 0 saturated heterocycles. The van der Waals surface area contributed by atoms with Gasteiger partial charge >= 0.3 is 5.97 Å². The number of nitrogens with zero attached hydrogens (tertiary/aromatic N) is 1. The van der Waals surface area contributed by atoms with Gasteiger partial charge in [0.1, 0.15) is 6.54 Å². The zero-order chi connectivity index (χ0) is 13.4. The number of rotatable bonds is 2. The second-order valence-corrected chi connectivity index (χ2v) is 4.35. The summed E-state index contributed by atoms with van der Waals surface area (Å²) >= 11 is 0. The van der Waals surface area contributed by atoms with E-state index >= 15 is 0 Å². The first-order chi connectivity index (χ1) is 9.18. The molecule has 3 aromatic rings. The Bertz CT molecular complexity index is 849. The van der Waals surface area contributed by atoms with Gasteiger partial charge in [0.25, 0.3) is 5.56 Å². The van der Waals surface area contributed by atoms with E-state index in [4.69, 9.17) is 5.11 Å². The maximum absolute atomic E-state index is 12.4. The van der Waals surface area contributed by atoms with Gasteiger partial charge in [0, 0.05) is 10.8 Å². The average molecular weight is 253 g/mol. The number of hydrogen-bond donors (Lipinski definition) is 1. The summed E-state index contributed by atoms with van der Waals surface area (Å²) in [6.07, 6.45) is 0. The number of benzene rings is 2. The van der Waals surface area contributed by atoms with Crippen molar-refractivity contribution in [3.8, 4) is 0 Å². The molecule has 0 aliphatic heterocycles. The molecule has 0 atom stereocenters. The molecular formula is C15H11NO3. The smallest absolute Gasteiger partial charge is 0.323 e. The maximum atomic E-state index is 12.4. The second kappa shape index (κ2) is 4.24. The summed E-state index contributed by atoms with van der Waals surface area (Å²) < 4.78 is 1.31. The molecule has 0 bridgehead atoms. The molecule has 3 rings (SSSR count). The average Bonchev–Trinajstić information content (AvgIpc) is 2.43. The Morgan fingerprint density at radius 2 is 1.53 bits per heavy atom. The van der Waals surface area contributed by atoms with Crippen LogP contribution in [0.25, 0.3) is 21.7 Å². The van der Waals surface area contributed by atoms with Gasteiger partial charge < -0.3 is 5.11 Å². The highest BCUT2D eigenvalue weighted by Gasteiger charge is 2.11. The Morgan fingerprint density at radius 1 is 0.947 bits per heavy atom. The van der Waals surface area contributed by atoms with Crippen LogP contribution in [0.3, 0.4) is 0 Å². The number of pyridine rings is 1. The Labute approximate surface area is 108 Å². The molecule has 0 amide bonds. The quantitative estimate of drug-likeness (QED) is 0.712. The van der Waals surface area contributed by atoms with E-state index in [1.165, 1.54) is 4.57 Å². The molecule has 0 aliphatic carbocycles. The molecule has 0 saturated carbocycles. The Kier molecular flexibility index (Phi) is 2.56. The minimum atomic E-state index is -1.03. The van der Waals surface area contributed by atoms with Crippen LogP contribution >= 0.6 is 0 Å². The topological polar surface area (TPSA) is 59.3 Å². The van der Waals surface area contributed by atoms with Gasteiger partial charge in [-0.25, -0.2) is 0 Å². The van der Waals surface area contributed by atoms with Crippen LogP contribution in [0.5, 0.6) is 0 Å². The van der Waals surface area contributed by atoms with Crippen molar-refractivity contribution in [2.75, 3.05) is 0 Å². The first-order valence-corrected chi connectivity index (χ1v) is 5.90. The third kappa shape index (κ3) is 1.78. The van der Waals surface area contributed by atoms with Gasteiger partial charge in [0.15, 0.2) is 0 Å². The first kappa shape index (κ1) is 11.5. The van der Waals surface area contributed by atoms with Gasteiger partial charge in [-0.15, -0.1) is 0 Å². The molecule has 0 fully saturated rings. The Hall–Kier alpha value is -2.62. The van der Waals surface area contributed by atoms with Crippen molar-refractivity contribution in [2.45, 2.75) is 6.54 Å². The summed E-state index contributed by atoms with van der Waals surface area (Å²) in [5.41, 5.74) is 0.380. The van der Waals surface area contributed by atoms with Crippen molar-refractivity contribution in [3.05, 3.63) is 58.9 Å². The van der Waals surface area contributed by atoms with Crippen molar-refractivity contribution in [1.29, 1.82) is 0 Å². The van der Waals surface area contributed by atoms with E-state index in [1.54, 1.807) is 24.3 Å². The number of carboxylic acids is 1. The van der Waals surface area contributed by atoms with E-state index in [9.17, 15) is 9.59 Å². The minimum absolute atomic E-state index is 0.267. The largest absolute Gasteiger partial charge is 0.480 e. The molecule has 0 radical (unpaired) electrons. The fraction of sp³-hybridized carbons (Fsp3) is 0.0667. The van der Waals surface area contributed by atoms with Crippen LogP contribution in [-0.4, -0.2) is 15.6 Å². The number of carbonyl (C=O) groups is 1. The van der Waals surface area contributed by atoms with E-state index in [2.05, 4.69) is 0 Å². The molecule has 4 nitrogen and oxygen atoms in total. The van der Waals surface area contributed by atoms with Gasteiger partial charge in [-0.05, 0) is 17.5 Å². The van der Waals surface area contributed by atoms with Crippen molar-refractivity contribution in [1.82, 2.24) is 4.57 Å². The third-order valence-electron chi connectivity index (χ3n) is 3.18. The van der Waals surface area contributed by atoms with E-state index in [0.29, 0.717) is 10.9 Å². The minimum Gasteiger partial charge on any atom is -0.480 e. The van der Waals surface area contributed by atoms with Crippen LogP contribution in [0.15, 0.2) is 53.3 Å². The molecule has 2 aromatic carbocycles. The van der Waals surface area contributed by atoms with Crippen molar-refractivity contribution in [2.24, 2.45) is 0 Å². The normalized spacial score (nSPS) is 10.9. The number of carboxylic acid groups (broad SMARTS) is 1. The monoisotopic (exact) mass is 253 g/mol. The number of aliphatic carboxylic acids is 1. The van der Waals surface area contributed by atoms with E-state index in [0.717, 1.165) is 10.8 Å². The maximum Gasteiger partial charge on any atom is 0.323 e. The molecule has 0 spiro atoms. The lowest BCUT2D eigenvalue weighted by Crippen LogP contribution is -2.24. The van der Waals surface area contributed by atoms with Gasteiger partial charge in [0.05, 0.1) is 5.52 Å². The first-order valence-electron chi connectivity index (χ1n) is 5.90. The highest BCUT2D eigenvalue weighted by Crippen LogP contribution is 2.22. The van der Waals surface area contributed by atoms with Crippen LogP contribution in [0.2, 0.25) is 0 Å². The van der Waals surface area contributed by atoms with Crippen molar-refractivity contribution >= 4 is 27.6 Å². The van der Waals surface area contributed by atoms with E-state index in [1.807, 2.05) is 24.3 Å². The number of aromatic nitrogens is 1. The molecule has 1 aromatic heterocycles. The Balaban J connectivity index is 2.55. The fourth-order valence-corrected chi connectivity index (χ4v) is 2.39. The van der Waals surface area contributed by atoms with Crippen LogP contribution in [0.4, 0.5) is 0 Å². The molecule has 19 heavy (non-hydrogen) atoms. The van der Waals surface area contributed by atoms with Gasteiger partial charge in [0.2, 0.25) is 0 Å². The lowest BCUT2D eigenvalue weighted by atomic mass is 10.1. The molecule has 94 valence electrons. The Morgan fingerprint density at radius 3 is 2.21 bits per heavy atom. The second-order valence-electron chi connectivity index (χ2n) is 4.35. The van der Waals surface area contributed by atoms with Crippen molar-refractivity contribution < 1.29 is 9.90 Å². The fourth-order valence-electron chi connectivity index (χ4n) is 2.39. The predicted molar refractivity (Wildman–Crippen MR) is 73.3 cm³/mol. The SMILES string of the molecule is O=C(O)Cn1c(=O)c2ccccc2c2ccccc21. The summed E-state index contributed by atoms with van der Waals surface area (Å²) in [6, 6.07) is 14.6. The molecular weight excluding hydrogens is 242 g/mol. The van der Waals surface area contributed by atoms with Crippen LogP contribution < -0.4 is 5.56 Å². The summed E-state index contributed by atoms with van der Waals surface area (Å²) in [4.78, 5) is 23.3.